The molecular formula is C18H20Br2O. The summed E-state index contributed by atoms with van der Waals surface area (Å²) in [4.78, 5) is 0. The quantitative estimate of drug-likeness (QED) is 0.499. The van der Waals surface area contributed by atoms with Crippen LogP contribution in [0.15, 0.2) is 57.5 Å². The van der Waals surface area contributed by atoms with Crippen LogP contribution < -0.4 is 0 Å². The second-order valence-electron chi connectivity index (χ2n) is 5.08. The second-order valence-corrected chi connectivity index (χ2v) is 6.91. The van der Waals surface area contributed by atoms with Crippen molar-refractivity contribution in [2.75, 3.05) is 13.2 Å². The van der Waals surface area contributed by atoms with Crippen LogP contribution in [0.3, 0.4) is 0 Å². The lowest BCUT2D eigenvalue weighted by Gasteiger charge is -2.05. The molecule has 3 heteroatoms. The van der Waals surface area contributed by atoms with Gasteiger partial charge in [-0.25, -0.2) is 0 Å². The van der Waals surface area contributed by atoms with Crippen LogP contribution in [0.2, 0.25) is 0 Å². The number of ether oxygens (including phenoxy) is 1. The van der Waals surface area contributed by atoms with Gasteiger partial charge in [-0.15, -0.1) is 0 Å². The lowest BCUT2D eigenvalue weighted by molar-refractivity contribution is 0.130. The van der Waals surface area contributed by atoms with E-state index in [0.29, 0.717) is 0 Å². The van der Waals surface area contributed by atoms with Gasteiger partial charge in [0.1, 0.15) is 0 Å². The molecule has 0 aliphatic heterocycles. The fraction of sp³-hybridized carbons (Fsp3) is 0.333. The van der Waals surface area contributed by atoms with E-state index in [9.17, 15) is 0 Å². The summed E-state index contributed by atoms with van der Waals surface area (Å²) in [7, 11) is 0. The Balaban J connectivity index is 1.54. The Morgan fingerprint density at radius 3 is 1.62 bits per heavy atom. The highest BCUT2D eigenvalue weighted by atomic mass is 79.9. The van der Waals surface area contributed by atoms with Gasteiger partial charge in [-0.1, -0.05) is 56.1 Å². The fourth-order valence-corrected chi connectivity index (χ4v) is 3.14. The minimum Gasteiger partial charge on any atom is -0.381 e. The summed E-state index contributed by atoms with van der Waals surface area (Å²) < 4.78 is 8.01. The van der Waals surface area contributed by atoms with E-state index in [4.69, 9.17) is 4.74 Å². The SMILES string of the molecule is Brc1cccc(CCCOCCCc2cccc(Br)c2)c1. The topological polar surface area (TPSA) is 9.23 Å². The summed E-state index contributed by atoms with van der Waals surface area (Å²) in [5.74, 6) is 0. The van der Waals surface area contributed by atoms with Crippen LogP contribution in [0.4, 0.5) is 0 Å². The average molecular weight is 412 g/mol. The predicted molar refractivity (Wildman–Crippen MR) is 95.7 cm³/mol. The zero-order valence-corrected chi connectivity index (χ0v) is 15.2. The van der Waals surface area contributed by atoms with Crippen LogP contribution in [0.25, 0.3) is 0 Å². The second kappa shape index (κ2) is 9.39. The van der Waals surface area contributed by atoms with Gasteiger partial charge in [0, 0.05) is 22.2 Å². The number of aryl methyl sites for hydroxylation is 2. The van der Waals surface area contributed by atoms with Crippen molar-refractivity contribution in [3.05, 3.63) is 68.6 Å². The van der Waals surface area contributed by atoms with E-state index in [-0.39, 0.29) is 0 Å². The number of hydrogen-bond acceptors (Lipinski definition) is 1. The van der Waals surface area contributed by atoms with Crippen molar-refractivity contribution in [3.8, 4) is 0 Å². The van der Waals surface area contributed by atoms with Gasteiger partial charge in [0.25, 0.3) is 0 Å². The maximum absolute atomic E-state index is 5.71. The highest BCUT2D eigenvalue weighted by molar-refractivity contribution is 9.10. The van der Waals surface area contributed by atoms with Crippen LogP contribution in [0.5, 0.6) is 0 Å². The highest BCUT2D eigenvalue weighted by Crippen LogP contribution is 2.14. The van der Waals surface area contributed by atoms with Crippen LogP contribution in [-0.4, -0.2) is 13.2 Å². The molecule has 0 bridgehead atoms. The first kappa shape index (κ1) is 16.7. The number of halogens is 2. The molecule has 2 aromatic rings. The number of hydrogen-bond donors (Lipinski definition) is 0. The van der Waals surface area contributed by atoms with E-state index in [0.717, 1.165) is 47.8 Å². The molecule has 0 spiro atoms. The molecule has 0 aliphatic rings. The van der Waals surface area contributed by atoms with Crippen molar-refractivity contribution < 1.29 is 4.74 Å². The summed E-state index contributed by atoms with van der Waals surface area (Å²) in [6.45, 7) is 1.68. The fourth-order valence-electron chi connectivity index (χ4n) is 2.24. The molecule has 0 amide bonds. The highest BCUT2D eigenvalue weighted by Gasteiger charge is 1.97. The summed E-state index contributed by atoms with van der Waals surface area (Å²) in [6, 6.07) is 17.0. The van der Waals surface area contributed by atoms with Crippen LogP contribution in [0.1, 0.15) is 24.0 Å². The van der Waals surface area contributed by atoms with Crippen LogP contribution in [-0.2, 0) is 17.6 Å². The molecule has 0 radical (unpaired) electrons. The van der Waals surface area contributed by atoms with Crippen molar-refractivity contribution in [2.45, 2.75) is 25.7 Å². The Kier molecular flexibility index (Phi) is 7.48. The largest absolute Gasteiger partial charge is 0.381 e. The zero-order valence-electron chi connectivity index (χ0n) is 12.0. The van der Waals surface area contributed by atoms with Gasteiger partial charge in [-0.2, -0.15) is 0 Å². The first-order chi connectivity index (χ1) is 10.2. The Bertz CT molecular complexity index is 505. The predicted octanol–water partition coefficient (Wildman–Crippen LogP) is 5.79. The normalized spacial score (nSPS) is 10.8. The summed E-state index contributed by atoms with van der Waals surface area (Å²) in [5.41, 5.74) is 2.73. The van der Waals surface area contributed by atoms with E-state index in [1.165, 1.54) is 11.1 Å². The van der Waals surface area contributed by atoms with Gasteiger partial charge in [0.15, 0.2) is 0 Å². The Morgan fingerprint density at radius 1 is 0.714 bits per heavy atom. The van der Waals surface area contributed by atoms with Gasteiger partial charge in [-0.05, 0) is 61.1 Å². The number of benzene rings is 2. The third kappa shape index (κ3) is 6.77. The molecule has 0 fully saturated rings. The van der Waals surface area contributed by atoms with Gasteiger partial charge in [0.2, 0.25) is 0 Å². The Hall–Kier alpha value is -0.640. The third-order valence-electron chi connectivity index (χ3n) is 3.29. The standard InChI is InChI=1S/C18H20Br2O/c19-17-9-1-5-15(13-17)7-3-11-21-12-4-8-16-6-2-10-18(20)14-16/h1-2,5-6,9-10,13-14H,3-4,7-8,11-12H2. The van der Waals surface area contributed by atoms with E-state index in [2.05, 4.69) is 80.4 Å². The average Bonchev–Trinajstić information content (AvgIpc) is 2.46. The first-order valence-electron chi connectivity index (χ1n) is 7.31. The molecule has 112 valence electrons. The molecule has 0 saturated carbocycles. The van der Waals surface area contributed by atoms with Gasteiger partial charge in [-0.3, -0.25) is 0 Å². The van der Waals surface area contributed by atoms with Crippen LogP contribution in [0, 0.1) is 0 Å². The Labute approximate surface area is 144 Å². The Morgan fingerprint density at radius 2 is 1.19 bits per heavy atom. The monoisotopic (exact) mass is 410 g/mol. The van der Waals surface area contributed by atoms with Gasteiger partial charge in [0.05, 0.1) is 0 Å². The third-order valence-corrected chi connectivity index (χ3v) is 4.27. The van der Waals surface area contributed by atoms with Crippen molar-refractivity contribution in [1.29, 1.82) is 0 Å². The minimum atomic E-state index is 0.838. The van der Waals surface area contributed by atoms with Crippen molar-refractivity contribution in [2.24, 2.45) is 0 Å². The number of rotatable bonds is 8. The molecule has 0 aromatic heterocycles. The summed E-state index contributed by atoms with van der Waals surface area (Å²) >= 11 is 7.00. The summed E-state index contributed by atoms with van der Waals surface area (Å²) in [6.07, 6.45) is 4.30. The molecule has 0 N–H and O–H groups in total. The van der Waals surface area contributed by atoms with Crippen molar-refractivity contribution >= 4 is 31.9 Å². The van der Waals surface area contributed by atoms with Gasteiger partial charge >= 0.3 is 0 Å². The molecule has 1 nitrogen and oxygen atoms in total. The molecule has 2 rings (SSSR count). The van der Waals surface area contributed by atoms with Gasteiger partial charge < -0.3 is 4.74 Å². The lowest BCUT2D eigenvalue weighted by Crippen LogP contribution is -2.00. The lowest BCUT2D eigenvalue weighted by atomic mass is 10.1. The molecule has 21 heavy (non-hydrogen) atoms. The molecule has 0 atom stereocenters. The van der Waals surface area contributed by atoms with Crippen molar-refractivity contribution in [1.82, 2.24) is 0 Å². The van der Waals surface area contributed by atoms with E-state index in [1.54, 1.807) is 0 Å². The van der Waals surface area contributed by atoms with Crippen molar-refractivity contribution in [3.63, 3.8) is 0 Å². The minimum absolute atomic E-state index is 0.838. The first-order valence-corrected chi connectivity index (χ1v) is 8.89. The maximum Gasteiger partial charge on any atom is 0.0469 e. The molecule has 0 aliphatic carbocycles. The smallest absolute Gasteiger partial charge is 0.0469 e. The van der Waals surface area contributed by atoms with E-state index >= 15 is 0 Å². The van der Waals surface area contributed by atoms with E-state index in [1.807, 2.05) is 0 Å². The molecule has 0 heterocycles. The molecule has 0 unspecified atom stereocenters. The van der Waals surface area contributed by atoms with Crippen LogP contribution >= 0.6 is 31.9 Å². The zero-order chi connectivity index (χ0) is 14.9. The molecular weight excluding hydrogens is 392 g/mol. The van der Waals surface area contributed by atoms with E-state index < -0.39 is 0 Å². The summed E-state index contributed by atoms with van der Waals surface area (Å²) in [5, 5.41) is 0. The maximum atomic E-state index is 5.71. The molecule has 0 saturated heterocycles. The molecule has 2 aromatic carbocycles.